The summed E-state index contributed by atoms with van der Waals surface area (Å²) in [4.78, 5) is 30.6. The lowest BCUT2D eigenvalue weighted by Crippen LogP contribution is -2.60. The average Bonchev–Trinajstić information content (AvgIpc) is 2.77. The Hall–Kier alpha value is -3.16. The predicted octanol–water partition coefficient (Wildman–Crippen LogP) is 4.17. The lowest BCUT2D eigenvalue weighted by Gasteiger charge is -2.32. The number of halogens is 1. The molecule has 31 heavy (non-hydrogen) atoms. The number of thioether (sulfide) groups is 1. The maximum Gasteiger partial charge on any atom is 0.325 e. The molecular formula is C23H18ClN4O2S+. The van der Waals surface area contributed by atoms with Gasteiger partial charge >= 0.3 is 11.3 Å². The Kier molecular flexibility index (Phi) is 4.79. The van der Waals surface area contributed by atoms with E-state index < -0.39 is 6.17 Å². The molecule has 1 atom stereocenters. The second kappa shape index (κ2) is 7.51. The van der Waals surface area contributed by atoms with Crippen LogP contribution in [0.15, 0.2) is 70.6 Å². The number of anilines is 1. The number of carbonyl (C=O) groups is 1. The van der Waals surface area contributed by atoms with Gasteiger partial charge in [-0.2, -0.15) is 0 Å². The molecule has 4 aromatic rings. The first-order valence-electron chi connectivity index (χ1n) is 9.67. The highest BCUT2D eigenvalue weighted by atomic mass is 35.5. The van der Waals surface area contributed by atoms with Gasteiger partial charge in [0.15, 0.2) is 0 Å². The summed E-state index contributed by atoms with van der Waals surface area (Å²) >= 11 is 7.60. The molecule has 0 saturated carbocycles. The molecule has 5 rings (SSSR count). The number of rotatable bonds is 2. The lowest BCUT2D eigenvalue weighted by molar-refractivity contribution is -0.762. The molecule has 0 bridgehead atoms. The van der Waals surface area contributed by atoms with Crippen molar-refractivity contribution in [3.8, 4) is 11.3 Å². The monoisotopic (exact) mass is 449 g/mol. The van der Waals surface area contributed by atoms with Gasteiger partial charge in [-0.1, -0.05) is 59.8 Å². The number of hydrogen-bond acceptors (Lipinski definition) is 4. The zero-order valence-electron chi connectivity index (χ0n) is 16.8. The van der Waals surface area contributed by atoms with Crippen LogP contribution in [0.25, 0.3) is 22.0 Å². The second-order valence-electron chi connectivity index (χ2n) is 7.25. The van der Waals surface area contributed by atoms with Crippen LogP contribution in [0.3, 0.4) is 0 Å². The predicted molar refractivity (Wildman–Crippen MR) is 123 cm³/mol. The smallest absolute Gasteiger partial charge is 0.291 e. The summed E-state index contributed by atoms with van der Waals surface area (Å²) in [5, 5.41) is 7.68. The van der Waals surface area contributed by atoms with Crippen LogP contribution in [0, 0.1) is 0 Å². The number of benzene rings is 3. The zero-order valence-corrected chi connectivity index (χ0v) is 18.4. The van der Waals surface area contributed by atoms with Crippen LogP contribution in [0.5, 0.6) is 0 Å². The molecule has 6 nitrogen and oxygen atoms in total. The number of amides is 1. The Bertz CT molecular complexity index is 1410. The van der Waals surface area contributed by atoms with E-state index in [0.717, 1.165) is 16.3 Å². The molecule has 0 fully saturated rings. The van der Waals surface area contributed by atoms with E-state index in [2.05, 4.69) is 4.98 Å². The SMILES string of the molecule is CSc1n[n+]2c(c(=O)[nH]1)-c1cc(Cl)ccc1N(C(C)=O)C2c1cccc2ccccc12. The second-order valence-corrected chi connectivity index (χ2v) is 8.48. The van der Waals surface area contributed by atoms with Crippen molar-refractivity contribution < 1.29 is 9.48 Å². The molecule has 1 aromatic heterocycles. The Morgan fingerprint density at radius 3 is 2.71 bits per heavy atom. The third-order valence-corrected chi connectivity index (χ3v) is 6.25. The van der Waals surface area contributed by atoms with Crippen LogP contribution < -0.4 is 15.1 Å². The van der Waals surface area contributed by atoms with E-state index in [9.17, 15) is 9.59 Å². The molecule has 0 aliphatic carbocycles. The zero-order chi connectivity index (χ0) is 21.7. The van der Waals surface area contributed by atoms with Gasteiger partial charge < -0.3 is 0 Å². The van der Waals surface area contributed by atoms with Crippen LogP contribution in [0.1, 0.15) is 18.7 Å². The van der Waals surface area contributed by atoms with Crippen LogP contribution >= 0.6 is 23.4 Å². The largest absolute Gasteiger partial charge is 0.325 e. The van der Waals surface area contributed by atoms with Crippen molar-refractivity contribution in [2.45, 2.75) is 18.2 Å². The fourth-order valence-electron chi connectivity index (χ4n) is 4.19. The van der Waals surface area contributed by atoms with E-state index in [-0.39, 0.29) is 11.5 Å². The molecule has 1 N–H and O–H groups in total. The summed E-state index contributed by atoms with van der Waals surface area (Å²) in [5.41, 5.74) is 2.16. The summed E-state index contributed by atoms with van der Waals surface area (Å²) in [6.45, 7) is 1.52. The molecule has 1 aliphatic heterocycles. The van der Waals surface area contributed by atoms with Crippen molar-refractivity contribution in [3.05, 3.63) is 81.6 Å². The minimum atomic E-state index is -0.625. The van der Waals surface area contributed by atoms with Gasteiger partial charge in [0.05, 0.1) is 16.8 Å². The molecule has 3 aromatic carbocycles. The summed E-state index contributed by atoms with van der Waals surface area (Å²) in [5.74, 6) is -0.160. The summed E-state index contributed by atoms with van der Waals surface area (Å²) in [6, 6.07) is 19.1. The number of carbonyl (C=O) groups excluding carboxylic acids is 1. The van der Waals surface area contributed by atoms with Crippen molar-refractivity contribution in [1.29, 1.82) is 0 Å². The number of hydrogen-bond donors (Lipinski definition) is 1. The minimum Gasteiger partial charge on any atom is -0.291 e. The highest BCUT2D eigenvalue weighted by molar-refractivity contribution is 7.98. The van der Waals surface area contributed by atoms with E-state index in [4.69, 9.17) is 16.7 Å². The van der Waals surface area contributed by atoms with Crippen molar-refractivity contribution in [2.24, 2.45) is 0 Å². The number of aromatic nitrogens is 3. The summed E-state index contributed by atoms with van der Waals surface area (Å²) in [7, 11) is 0. The number of H-pyrrole nitrogens is 1. The molecule has 1 aliphatic rings. The van der Waals surface area contributed by atoms with E-state index in [1.807, 2.05) is 48.7 Å². The topological polar surface area (TPSA) is 69.9 Å². The Morgan fingerprint density at radius 1 is 1.16 bits per heavy atom. The minimum absolute atomic E-state index is 0.160. The molecule has 1 unspecified atom stereocenters. The first-order valence-corrected chi connectivity index (χ1v) is 11.3. The fraction of sp³-hybridized carbons (Fsp3) is 0.130. The highest BCUT2D eigenvalue weighted by Gasteiger charge is 2.45. The van der Waals surface area contributed by atoms with Gasteiger partial charge in [0.25, 0.3) is 6.17 Å². The van der Waals surface area contributed by atoms with Crippen LogP contribution in [-0.4, -0.2) is 22.2 Å². The molecule has 0 radical (unpaired) electrons. The Morgan fingerprint density at radius 2 is 1.94 bits per heavy atom. The number of aromatic amines is 1. The first kappa shape index (κ1) is 19.8. The summed E-state index contributed by atoms with van der Waals surface area (Å²) < 4.78 is 1.65. The van der Waals surface area contributed by atoms with Gasteiger partial charge in [0, 0.05) is 17.0 Å². The van der Waals surface area contributed by atoms with Crippen LogP contribution in [-0.2, 0) is 4.79 Å². The lowest BCUT2D eigenvalue weighted by atomic mass is 9.97. The molecular weight excluding hydrogens is 432 g/mol. The normalized spacial score (nSPS) is 14.9. The summed E-state index contributed by atoms with van der Waals surface area (Å²) in [6.07, 6.45) is 1.22. The maximum atomic E-state index is 13.2. The van der Waals surface area contributed by atoms with Gasteiger partial charge in [0.2, 0.25) is 11.1 Å². The number of fused-ring (bicyclic) bond motifs is 4. The Balaban J connectivity index is 1.92. The van der Waals surface area contributed by atoms with E-state index in [1.165, 1.54) is 18.7 Å². The van der Waals surface area contributed by atoms with Gasteiger partial charge in [0.1, 0.15) is 0 Å². The molecule has 0 saturated heterocycles. The van der Waals surface area contributed by atoms with Gasteiger partial charge in [-0.3, -0.25) is 14.6 Å². The maximum absolute atomic E-state index is 13.2. The van der Waals surface area contributed by atoms with Gasteiger partial charge in [-0.15, -0.1) is 0 Å². The highest BCUT2D eigenvalue weighted by Crippen LogP contribution is 2.40. The average molecular weight is 450 g/mol. The molecule has 2 heterocycles. The molecule has 0 spiro atoms. The van der Waals surface area contributed by atoms with Crippen molar-refractivity contribution in [3.63, 3.8) is 0 Å². The van der Waals surface area contributed by atoms with Crippen molar-refractivity contribution in [2.75, 3.05) is 11.2 Å². The first-order chi connectivity index (χ1) is 15.0. The van der Waals surface area contributed by atoms with Crippen molar-refractivity contribution >= 4 is 45.7 Å². The standard InChI is InChI=1S/C23H17ClN4O2S/c1-13(29)27-19-11-10-15(24)12-18(19)20-21(30)25-23(31-2)26-28(20)22(27)17-9-5-7-14-6-3-4-8-16(14)17/h3-12,22H,1-2H3/p+1. The molecule has 1 amide bonds. The van der Waals surface area contributed by atoms with E-state index in [1.54, 1.807) is 27.8 Å². The van der Waals surface area contributed by atoms with Gasteiger partial charge in [-0.05, 0) is 46.0 Å². The fourth-order valence-corrected chi connectivity index (χ4v) is 4.72. The van der Waals surface area contributed by atoms with Gasteiger partial charge in [-0.25, -0.2) is 4.90 Å². The third-order valence-electron chi connectivity index (χ3n) is 5.45. The van der Waals surface area contributed by atoms with Crippen LogP contribution in [0.2, 0.25) is 5.02 Å². The number of nitrogens with one attached hydrogen (secondary N) is 1. The molecule has 8 heteroatoms. The van der Waals surface area contributed by atoms with Crippen molar-refractivity contribution in [1.82, 2.24) is 10.1 Å². The van der Waals surface area contributed by atoms with E-state index >= 15 is 0 Å². The quantitative estimate of drug-likeness (QED) is 0.368. The van der Waals surface area contributed by atoms with E-state index in [0.29, 0.717) is 27.1 Å². The van der Waals surface area contributed by atoms with Crippen LogP contribution in [0.4, 0.5) is 5.69 Å². The Labute approximate surface area is 187 Å². The third kappa shape index (κ3) is 3.12. The molecule has 154 valence electrons. The number of nitrogens with zero attached hydrogens (tertiary/aromatic N) is 3.